The van der Waals surface area contributed by atoms with Gasteiger partial charge in [-0.3, -0.25) is 9.59 Å². The molecule has 1 aromatic rings. The molecule has 0 aromatic heterocycles. The first kappa shape index (κ1) is 13.0. The zero-order chi connectivity index (χ0) is 13.1. The molecular weight excluding hydrogens is 250 g/mol. The number of benzene rings is 1. The Bertz CT molecular complexity index is 475. The van der Waals surface area contributed by atoms with Crippen molar-refractivity contribution in [3.8, 4) is 0 Å². The van der Waals surface area contributed by atoms with Crippen LogP contribution in [0.2, 0.25) is 0 Å². The molecule has 0 bridgehead atoms. The molecule has 4 nitrogen and oxygen atoms in total. The van der Waals surface area contributed by atoms with Crippen molar-refractivity contribution in [2.24, 2.45) is 0 Å². The largest absolute Gasteiger partial charge is 0.481 e. The second kappa shape index (κ2) is 5.44. The van der Waals surface area contributed by atoms with Crippen LogP contribution in [-0.4, -0.2) is 34.2 Å². The lowest BCUT2D eigenvalue weighted by Crippen LogP contribution is -2.27. The number of amides is 1. The van der Waals surface area contributed by atoms with Crippen molar-refractivity contribution in [2.75, 3.05) is 12.3 Å². The van der Waals surface area contributed by atoms with Gasteiger partial charge in [-0.1, -0.05) is 25.1 Å². The van der Waals surface area contributed by atoms with Crippen LogP contribution >= 0.6 is 11.8 Å². The van der Waals surface area contributed by atoms with Gasteiger partial charge in [0.05, 0.1) is 5.75 Å². The quantitative estimate of drug-likeness (QED) is 0.888. The summed E-state index contributed by atoms with van der Waals surface area (Å²) in [5.41, 5.74) is 1.64. The number of hydrogen-bond acceptors (Lipinski definition) is 3. The van der Waals surface area contributed by atoms with E-state index in [1.54, 1.807) is 4.90 Å². The van der Waals surface area contributed by atoms with Gasteiger partial charge in [0, 0.05) is 12.1 Å². The van der Waals surface area contributed by atoms with Crippen molar-refractivity contribution in [3.63, 3.8) is 0 Å². The fourth-order valence-electron chi connectivity index (χ4n) is 2.13. The molecule has 0 saturated heterocycles. The zero-order valence-corrected chi connectivity index (χ0v) is 10.9. The van der Waals surface area contributed by atoms with E-state index in [4.69, 9.17) is 5.11 Å². The Morgan fingerprint density at radius 3 is 2.83 bits per heavy atom. The third kappa shape index (κ3) is 2.36. The predicted octanol–water partition coefficient (Wildman–Crippen LogP) is 2.37. The molecule has 1 N–H and O–H groups in total. The highest BCUT2D eigenvalue weighted by atomic mass is 32.2. The summed E-state index contributed by atoms with van der Waals surface area (Å²) in [5.74, 6) is -0.837. The Balaban J connectivity index is 2.27. The van der Waals surface area contributed by atoms with Gasteiger partial charge in [0.15, 0.2) is 0 Å². The van der Waals surface area contributed by atoms with E-state index in [-0.39, 0.29) is 17.0 Å². The number of carbonyl (C=O) groups is 2. The molecule has 0 fully saturated rings. The number of carboxylic acid groups (broad SMARTS) is 1. The van der Waals surface area contributed by atoms with E-state index in [9.17, 15) is 9.59 Å². The minimum atomic E-state index is -0.853. The number of thioether (sulfide) groups is 1. The zero-order valence-electron chi connectivity index (χ0n) is 10.1. The third-order valence-electron chi connectivity index (χ3n) is 2.83. The van der Waals surface area contributed by atoms with E-state index in [1.807, 2.05) is 31.2 Å². The number of rotatable bonds is 5. The maximum absolute atomic E-state index is 12.2. The van der Waals surface area contributed by atoms with E-state index in [1.165, 1.54) is 11.8 Å². The average molecular weight is 265 g/mol. The van der Waals surface area contributed by atoms with Crippen LogP contribution in [0.4, 0.5) is 0 Å². The smallest absolute Gasteiger partial charge is 0.313 e. The van der Waals surface area contributed by atoms with Gasteiger partial charge in [0.25, 0.3) is 5.91 Å². The van der Waals surface area contributed by atoms with Crippen molar-refractivity contribution < 1.29 is 14.7 Å². The number of carboxylic acids is 1. The highest BCUT2D eigenvalue weighted by molar-refractivity contribution is 8.00. The summed E-state index contributed by atoms with van der Waals surface area (Å²) in [6, 6.07) is 7.44. The molecule has 5 heteroatoms. The fraction of sp³-hybridized carbons (Fsp3) is 0.385. The van der Waals surface area contributed by atoms with E-state index < -0.39 is 5.97 Å². The summed E-state index contributed by atoms with van der Waals surface area (Å²) >= 11 is 1.29. The van der Waals surface area contributed by atoms with E-state index in [0.717, 1.165) is 12.0 Å². The lowest BCUT2D eigenvalue weighted by Gasteiger charge is -2.23. The van der Waals surface area contributed by atoms with Gasteiger partial charge in [0.2, 0.25) is 0 Å². The van der Waals surface area contributed by atoms with Crippen LogP contribution in [0.5, 0.6) is 0 Å². The standard InChI is InChI=1S/C13H15NO3S/c1-2-7-14-12(17)9-5-3-4-6-10(9)13(14)18-8-11(15)16/h3-6,13H,2,7-8H2,1H3,(H,15,16). The van der Waals surface area contributed by atoms with E-state index in [2.05, 4.69) is 0 Å². The van der Waals surface area contributed by atoms with Crippen molar-refractivity contribution in [2.45, 2.75) is 18.7 Å². The van der Waals surface area contributed by atoms with Crippen LogP contribution in [0.1, 0.15) is 34.6 Å². The van der Waals surface area contributed by atoms with Crippen molar-refractivity contribution in [3.05, 3.63) is 35.4 Å². The van der Waals surface area contributed by atoms with Crippen molar-refractivity contribution in [1.82, 2.24) is 4.90 Å². The minimum Gasteiger partial charge on any atom is -0.481 e. The maximum atomic E-state index is 12.2. The summed E-state index contributed by atoms with van der Waals surface area (Å²) in [6.45, 7) is 2.67. The molecule has 0 saturated carbocycles. The normalized spacial score (nSPS) is 17.9. The number of nitrogens with zero attached hydrogens (tertiary/aromatic N) is 1. The number of hydrogen-bond donors (Lipinski definition) is 1. The third-order valence-corrected chi connectivity index (χ3v) is 4.07. The first-order chi connectivity index (χ1) is 8.65. The topological polar surface area (TPSA) is 57.6 Å². The predicted molar refractivity (Wildman–Crippen MR) is 70.6 cm³/mol. The molecule has 1 amide bonds. The second-order valence-corrected chi connectivity index (χ2v) is 5.21. The first-order valence-electron chi connectivity index (χ1n) is 5.88. The highest BCUT2D eigenvalue weighted by Gasteiger charge is 2.36. The molecule has 18 heavy (non-hydrogen) atoms. The van der Waals surface area contributed by atoms with Gasteiger partial charge in [-0.2, -0.15) is 0 Å². The monoisotopic (exact) mass is 265 g/mol. The molecule has 0 spiro atoms. The summed E-state index contributed by atoms with van der Waals surface area (Å²) in [4.78, 5) is 24.7. The molecule has 96 valence electrons. The molecule has 2 rings (SSSR count). The Morgan fingerprint density at radius 2 is 2.17 bits per heavy atom. The maximum Gasteiger partial charge on any atom is 0.313 e. The Hall–Kier alpha value is -1.49. The fourth-order valence-corrected chi connectivity index (χ4v) is 3.19. The molecule has 1 unspecified atom stereocenters. The summed E-state index contributed by atoms with van der Waals surface area (Å²) < 4.78 is 0. The molecule has 1 aliphatic rings. The first-order valence-corrected chi connectivity index (χ1v) is 6.93. The Kier molecular flexibility index (Phi) is 3.91. The van der Waals surface area contributed by atoms with Gasteiger partial charge in [-0.25, -0.2) is 0 Å². The SMILES string of the molecule is CCCN1C(=O)c2ccccc2C1SCC(=O)O. The lowest BCUT2D eigenvalue weighted by atomic mass is 10.1. The molecule has 1 heterocycles. The molecule has 0 aliphatic carbocycles. The summed E-state index contributed by atoms with van der Waals surface area (Å²) in [5, 5.41) is 8.62. The molecule has 1 aromatic carbocycles. The molecule has 0 radical (unpaired) electrons. The van der Waals surface area contributed by atoms with Gasteiger partial charge < -0.3 is 10.0 Å². The minimum absolute atomic E-state index is 0.00644. The lowest BCUT2D eigenvalue weighted by molar-refractivity contribution is -0.133. The van der Waals surface area contributed by atoms with E-state index in [0.29, 0.717) is 12.1 Å². The van der Waals surface area contributed by atoms with Crippen LogP contribution in [-0.2, 0) is 4.79 Å². The van der Waals surface area contributed by atoms with Gasteiger partial charge in [-0.05, 0) is 18.1 Å². The van der Waals surface area contributed by atoms with E-state index >= 15 is 0 Å². The molecular formula is C13H15NO3S. The van der Waals surface area contributed by atoms with Gasteiger partial charge >= 0.3 is 5.97 Å². The van der Waals surface area contributed by atoms with Gasteiger partial charge in [-0.15, -0.1) is 11.8 Å². The number of carbonyl (C=O) groups excluding carboxylic acids is 1. The van der Waals surface area contributed by atoms with Crippen molar-refractivity contribution >= 4 is 23.6 Å². The molecule has 1 aliphatic heterocycles. The Labute approximate surface area is 110 Å². The van der Waals surface area contributed by atoms with Crippen LogP contribution in [0, 0.1) is 0 Å². The van der Waals surface area contributed by atoms with Crippen LogP contribution in [0.15, 0.2) is 24.3 Å². The van der Waals surface area contributed by atoms with Gasteiger partial charge in [0.1, 0.15) is 5.37 Å². The highest BCUT2D eigenvalue weighted by Crippen LogP contribution is 2.41. The second-order valence-electron chi connectivity index (χ2n) is 4.14. The average Bonchev–Trinajstić information content (AvgIpc) is 2.62. The summed E-state index contributed by atoms with van der Waals surface area (Å²) in [6.07, 6.45) is 0.865. The summed E-state index contributed by atoms with van der Waals surface area (Å²) in [7, 11) is 0. The van der Waals surface area contributed by atoms with Crippen LogP contribution in [0.3, 0.4) is 0 Å². The number of fused-ring (bicyclic) bond motifs is 1. The van der Waals surface area contributed by atoms with Crippen LogP contribution in [0.25, 0.3) is 0 Å². The number of aliphatic carboxylic acids is 1. The molecule has 1 atom stereocenters. The Morgan fingerprint density at radius 1 is 1.44 bits per heavy atom. The van der Waals surface area contributed by atoms with Crippen LogP contribution < -0.4 is 0 Å². The van der Waals surface area contributed by atoms with Crippen molar-refractivity contribution in [1.29, 1.82) is 0 Å².